The van der Waals surface area contributed by atoms with Crippen molar-refractivity contribution in [2.75, 3.05) is 9.80 Å². The Kier molecular flexibility index (Phi) is 9.21. The van der Waals surface area contributed by atoms with E-state index in [0.717, 1.165) is 61.4 Å². The average Bonchev–Trinajstić information content (AvgIpc) is 2.18. The van der Waals surface area contributed by atoms with Gasteiger partial charge in [0, 0.05) is 58.2 Å². The molecule has 0 atom stereocenters. The summed E-state index contributed by atoms with van der Waals surface area (Å²) in [4.78, 5) is 5.03. The molecular weight excluding hydrogens is 1070 g/mol. The van der Waals surface area contributed by atoms with Crippen LogP contribution in [0.5, 0.6) is 0 Å². The largest absolute Gasteiger partial charge is 0.454 e. The molecule has 0 aliphatic heterocycles. The Morgan fingerprint density at radius 1 is 0.235 bits per heavy atom. The summed E-state index contributed by atoms with van der Waals surface area (Å²) >= 11 is 3.74. The number of nitrogens with zero attached hydrogens (tertiary/aromatic N) is 2. The highest BCUT2D eigenvalue weighted by Crippen LogP contribution is 2.53. The Balaban J connectivity index is 0.833. The van der Waals surface area contributed by atoms with E-state index in [0.29, 0.717) is 0 Å². The maximum atomic E-state index is 7.46. The van der Waals surface area contributed by atoms with Crippen molar-refractivity contribution in [1.82, 2.24) is 0 Å². The van der Waals surface area contributed by atoms with Gasteiger partial charge in [0.2, 0.25) is 0 Å². The lowest BCUT2D eigenvalue weighted by Gasteiger charge is -2.28. The molecule has 392 valence electrons. The van der Waals surface area contributed by atoms with E-state index in [2.05, 4.69) is 277 Å². The summed E-state index contributed by atoms with van der Waals surface area (Å²) in [6.07, 6.45) is 0. The maximum Gasteiger partial charge on any atom is 0.159 e. The molecule has 85 heavy (non-hydrogen) atoms. The van der Waals surface area contributed by atoms with E-state index in [1.807, 2.05) is 22.7 Å². The quantitative estimate of drug-likeness (QED) is 0.155. The SMILES string of the molecule is c1cc2ccc3ccc(N(c4ccc5c(c4)c4ccccc4c4cc6c(cc54)oc4c(N(c5ccc7ccc8cccc9ccc5c7c89)c5cccc7c5sc5ccccc57)cccc46)c4cccc5c4sc4ccccc45)c4ccc(c1)c2c34. The first-order chi connectivity index (χ1) is 42.1. The first-order valence-electron chi connectivity index (χ1n) is 29.1. The van der Waals surface area contributed by atoms with Crippen LogP contribution in [0.3, 0.4) is 0 Å². The summed E-state index contributed by atoms with van der Waals surface area (Å²) in [5.74, 6) is 0. The fourth-order valence-corrected chi connectivity index (χ4v) is 17.4. The fraction of sp³-hybridized carbons (Fsp3) is 0. The summed E-state index contributed by atoms with van der Waals surface area (Å²) in [5, 5.41) is 29.5. The molecule has 0 aliphatic carbocycles. The molecule has 5 heteroatoms. The molecular formula is C80H44N2OS2. The zero-order valence-corrected chi connectivity index (χ0v) is 47.2. The van der Waals surface area contributed by atoms with Crippen LogP contribution in [0.4, 0.5) is 34.1 Å². The van der Waals surface area contributed by atoms with Crippen molar-refractivity contribution in [3.8, 4) is 0 Å². The topological polar surface area (TPSA) is 19.6 Å². The maximum absolute atomic E-state index is 7.46. The zero-order chi connectivity index (χ0) is 55.2. The Labute approximate surface area is 493 Å². The number of rotatable bonds is 6. The second-order valence-corrected chi connectivity index (χ2v) is 25.1. The van der Waals surface area contributed by atoms with Crippen molar-refractivity contribution >= 4 is 216 Å². The van der Waals surface area contributed by atoms with Crippen molar-refractivity contribution in [2.45, 2.75) is 0 Å². The summed E-state index contributed by atoms with van der Waals surface area (Å²) < 4.78 is 12.5. The molecule has 3 aromatic heterocycles. The number of anilines is 6. The first-order valence-corrected chi connectivity index (χ1v) is 30.8. The van der Waals surface area contributed by atoms with Gasteiger partial charge in [-0.1, -0.05) is 200 Å². The molecule has 20 aromatic rings. The van der Waals surface area contributed by atoms with Crippen molar-refractivity contribution < 1.29 is 4.42 Å². The van der Waals surface area contributed by atoms with Crippen LogP contribution < -0.4 is 9.80 Å². The van der Waals surface area contributed by atoms with E-state index >= 15 is 0 Å². The average molecular weight is 1110 g/mol. The molecule has 3 heterocycles. The Hall–Kier alpha value is -10.6. The molecule has 0 amide bonds. The monoisotopic (exact) mass is 1110 g/mol. The van der Waals surface area contributed by atoms with Crippen molar-refractivity contribution in [2.24, 2.45) is 0 Å². The highest BCUT2D eigenvalue weighted by atomic mass is 32.1. The lowest BCUT2D eigenvalue weighted by Crippen LogP contribution is -2.11. The summed E-state index contributed by atoms with van der Waals surface area (Å²) in [6, 6.07) is 100.0. The Morgan fingerprint density at radius 2 is 0.647 bits per heavy atom. The molecule has 0 saturated carbocycles. The van der Waals surface area contributed by atoms with E-state index < -0.39 is 0 Å². The van der Waals surface area contributed by atoms with E-state index in [-0.39, 0.29) is 0 Å². The van der Waals surface area contributed by atoms with E-state index in [1.165, 1.54) is 132 Å². The molecule has 0 unspecified atom stereocenters. The van der Waals surface area contributed by atoms with E-state index in [1.54, 1.807) is 0 Å². The fourth-order valence-electron chi connectivity index (χ4n) is 15.0. The molecule has 20 rings (SSSR count). The van der Waals surface area contributed by atoms with Crippen LogP contribution >= 0.6 is 22.7 Å². The Bertz CT molecular complexity index is 6230. The van der Waals surface area contributed by atoms with Gasteiger partial charge in [-0.2, -0.15) is 0 Å². The van der Waals surface area contributed by atoms with Crippen molar-refractivity contribution in [1.29, 1.82) is 0 Å². The number of hydrogen-bond acceptors (Lipinski definition) is 5. The minimum atomic E-state index is 0.854. The molecule has 0 spiro atoms. The number of thiophene rings is 2. The summed E-state index contributed by atoms with van der Waals surface area (Å²) in [7, 11) is 0. The highest BCUT2D eigenvalue weighted by molar-refractivity contribution is 7.26. The van der Waals surface area contributed by atoms with Gasteiger partial charge in [0.15, 0.2) is 5.58 Å². The van der Waals surface area contributed by atoms with Crippen LogP contribution in [0.2, 0.25) is 0 Å². The van der Waals surface area contributed by atoms with Gasteiger partial charge in [-0.15, -0.1) is 22.7 Å². The molecule has 0 aliphatic rings. The molecule has 0 fully saturated rings. The number of hydrogen-bond donors (Lipinski definition) is 0. The minimum Gasteiger partial charge on any atom is -0.454 e. The molecule has 0 radical (unpaired) electrons. The van der Waals surface area contributed by atoms with Crippen LogP contribution in [-0.4, -0.2) is 0 Å². The second-order valence-electron chi connectivity index (χ2n) is 23.0. The summed E-state index contributed by atoms with van der Waals surface area (Å²) in [5.41, 5.74) is 8.37. The molecule has 3 nitrogen and oxygen atoms in total. The van der Waals surface area contributed by atoms with Crippen LogP contribution in [-0.2, 0) is 0 Å². The van der Waals surface area contributed by atoms with Crippen LogP contribution in [0.15, 0.2) is 271 Å². The number of furan rings is 1. The highest BCUT2D eigenvalue weighted by Gasteiger charge is 2.27. The van der Waals surface area contributed by atoms with Crippen molar-refractivity contribution in [3.63, 3.8) is 0 Å². The van der Waals surface area contributed by atoms with Gasteiger partial charge >= 0.3 is 0 Å². The smallest absolute Gasteiger partial charge is 0.159 e. The molecule has 17 aromatic carbocycles. The van der Waals surface area contributed by atoms with Gasteiger partial charge in [-0.3, -0.25) is 0 Å². The summed E-state index contributed by atoms with van der Waals surface area (Å²) in [6.45, 7) is 0. The van der Waals surface area contributed by atoms with Gasteiger partial charge in [-0.05, 0) is 153 Å². The Morgan fingerprint density at radius 3 is 1.24 bits per heavy atom. The number of benzene rings is 17. The molecule has 0 bridgehead atoms. The van der Waals surface area contributed by atoms with Gasteiger partial charge in [0.1, 0.15) is 5.58 Å². The van der Waals surface area contributed by atoms with Crippen molar-refractivity contribution in [3.05, 3.63) is 267 Å². The zero-order valence-electron chi connectivity index (χ0n) is 45.5. The predicted molar refractivity (Wildman–Crippen MR) is 369 cm³/mol. The normalized spacial score (nSPS) is 12.5. The molecule has 0 saturated heterocycles. The van der Waals surface area contributed by atoms with Gasteiger partial charge in [-0.25, -0.2) is 0 Å². The van der Waals surface area contributed by atoms with E-state index in [9.17, 15) is 0 Å². The van der Waals surface area contributed by atoms with Gasteiger partial charge in [0.25, 0.3) is 0 Å². The second kappa shape index (κ2) is 17.0. The van der Waals surface area contributed by atoms with Crippen LogP contribution in [0.25, 0.3) is 159 Å². The standard InChI is InChI=1S/C80H44N2OS2/c1-2-17-53-52(16-1)62-42-51(81(69-24-10-21-58-55-18-3-5-26-72(55)84-79(58)69)66-40-34-49-30-28-45-12-7-14-47-32-37-60(66)76(49)74(45)47)36-39-54(62)64-44-71-65(43-63(53)64)57-20-9-23-68(78(57)83-71)82(70-25-11-22-59-56-19-4-6-27-73(56)85-80(59)70)67-41-35-50-31-29-46-13-8-15-48-33-38-61(67)77(50)75(46)48/h1-44H. The molecule has 0 N–H and O–H groups in total. The predicted octanol–water partition coefficient (Wildman–Crippen LogP) is 24.5. The number of fused-ring (bicyclic) bond motifs is 15. The van der Waals surface area contributed by atoms with E-state index in [4.69, 9.17) is 4.42 Å². The minimum absolute atomic E-state index is 0.854. The van der Waals surface area contributed by atoms with Crippen LogP contribution in [0, 0.1) is 0 Å². The lowest BCUT2D eigenvalue weighted by molar-refractivity contribution is 0.669. The third kappa shape index (κ3) is 6.32. The van der Waals surface area contributed by atoms with Crippen LogP contribution in [0.1, 0.15) is 0 Å². The third-order valence-electron chi connectivity index (χ3n) is 18.7. The van der Waals surface area contributed by atoms with Gasteiger partial charge in [0.05, 0.1) is 37.8 Å². The third-order valence-corrected chi connectivity index (χ3v) is 21.1. The lowest BCUT2D eigenvalue weighted by atomic mass is 9.92. The number of para-hydroxylation sites is 1. The van der Waals surface area contributed by atoms with Gasteiger partial charge < -0.3 is 14.2 Å². The first kappa shape index (κ1) is 46.0.